The molecule has 7 nitrogen and oxygen atoms in total. The highest BCUT2D eigenvalue weighted by atomic mass is 32.2. The van der Waals surface area contributed by atoms with Gasteiger partial charge in [-0.05, 0) is 37.6 Å². The number of piperidine rings is 1. The predicted octanol–water partition coefficient (Wildman–Crippen LogP) is 2.35. The minimum Gasteiger partial charge on any atom is -0.348 e. The quantitative estimate of drug-likeness (QED) is 0.696. The number of aromatic nitrogens is 1. The number of carbonyl (C=O) groups is 1. The van der Waals surface area contributed by atoms with Gasteiger partial charge in [-0.15, -0.1) is 0 Å². The number of nitrogens with zero attached hydrogens (tertiary/aromatic N) is 2. The van der Waals surface area contributed by atoms with Gasteiger partial charge in [-0.25, -0.2) is 13.1 Å². The summed E-state index contributed by atoms with van der Waals surface area (Å²) in [5, 5.41) is 2.92. The van der Waals surface area contributed by atoms with Crippen LogP contribution in [0.4, 0.5) is 13.2 Å². The smallest absolute Gasteiger partial charge is 0.348 e. The second-order valence-electron chi connectivity index (χ2n) is 7.60. The van der Waals surface area contributed by atoms with Gasteiger partial charge in [0.2, 0.25) is 10.0 Å². The Hall–Kier alpha value is -2.37. The summed E-state index contributed by atoms with van der Waals surface area (Å²) in [4.78, 5) is 14.7. The first-order valence-corrected chi connectivity index (χ1v) is 11.3. The van der Waals surface area contributed by atoms with Crippen LogP contribution in [0.3, 0.4) is 0 Å². The number of amides is 1. The van der Waals surface area contributed by atoms with Crippen LogP contribution < -0.4 is 10.0 Å². The molecule has 2 N–H and O–H groups in total. The maximum atomic E-state index is 12.9. The van der Waals surface area contributed by atoms with E-state index in [-0.39, 0.29) is 22.5 Å². The van der Waals surface area contributed by atoms with Crippen molar-refractivity contribution in [3.05, 3.63) is 53.3 Å². The topological polar surface area (TPSA) is 83.4 Å². The normalized spacial score (nSPS) is 16.4. The number of nitrogens with one attached hydrogen (secondary N) is 2. The third kappa shape index (κ3) is 5.66. The van der Waals surface area contributed by atoms with Crippen LogP contribution in [0.25, 0.3) is 0 Å². The fraction of sp³-hybridized carbons (Fsp3) is 0.450. The van der Waals surface area contributed by atoms with Crippen LogP contribution in [0, 0.1) is 0 Å². The molecular weight excluding hydrogens is 433 g/mol. The second-order valence-corrected chi connectivity index (χ2v) is 9.49. The maximum absolute atomic E-state index is 12.9. The molecule has 2 heterocycles. The van der Waals surface area contributed by atoms with Gasteiger partial charge in [-0.2, -0.15) is 13.2 Å². The first kappa shape index (κ1) is 23.3. The van der Waals surface area contributed by atoms with E-state index < -0.39 is 21.8 Å². The van der Waals surface area contributed by atoms with Gasteiger partial charge in [-0.1, -0.05) is 18.2 Å². The lowest BCUT2D eigenvalue weighted by molar-refractivity contribution is -0.137. The third-order valence-corrected chi connectivity index (χ3v) is 6.76. The van der Waals surface area contributed by atoms with E-state index in [4.69, 9.17) is 0 Å². The zero-order valence-electron chi connectivity index (χ0n) is 17.2. The van der Waals surface area contributed by atoms with E-state index in [1.807, 2.05) is 0 Å². The van der Waals surface area contributed by atoms with Crippen molar-refractivity contribution in [3.8, 4) is 0 Å². The van der Waals surface area contributed by atoms with Crippen molar-refractivity contribution in [1.82, 2.24) is 19.5 Å². The molecule has 1 amide bonds. The molecule has 3 rings (SSSR count). The second kappa shape index (κ2) is 9.01. The summed E-state index contributed by atoms with van der Waals surface area (Å²) in [6, 6.07) is 6.54. The van der Waals surface area contributed by atoms with Crippen LogP contribution in [0.15, 0.2) is 41.4 Å². The maximum Gasteiger partial charge on any atom is 0.416 e. The van der Waals surface area contributed by atoms with Crippen molar-refractivity contribution >= 4 is 15.9 Å². The summed E-state index contributed by atoms with van der Waals surface area (Å²) in [5.74, 6) is -0.364. The van der Waals surface area contributed by atoms with Gasteiger partial charge in [0.05, 0.1) is 5.56 Å². The van der Waals surface area contributed by atoms with Gasteiger partial charge < -0.3 is 9.88 Å². The number of benzene rings is 1. The molecule has 0 aliphatic carbocycles. The van der Waals surface area contributed by atoms with Crippen molar-refractivity contribution in [3.63, 3.8) is 0 Å². The molecule has 2 aromatic rings. The van der Waals surface area contributed by atoms with Crippen LogP contribution in [-0.2, 0) is 29.8 Å². The highest BCUT2D eigenvalue weighted by Crippen LogP contribution is 2.30. The van der Waals surface area contributed by atoms with Crippen LogP contribution in [0.5, 0.6) is 0 Å². The Morgan fingerprint density at radius 2 is 1.87 bits per heavy atom. The molecule has 0 bridgehead atoms. The molecule has 0 spiro atoms. The Balaban J connectivity index is 1.56. The lowest BCUT2D eigenvalue weighted by Gasteiger charge is -2.32. The predicted molar refractivity (Wildman–Crippen MR) is 109 cm³/mol. The van der Waals surface area contributed by atoms with Gasteiger partial charge >= 0.3 is 6.18 Å². The number of likely N-dealkylation sites (tertiary alicyclic amines) is 1. The molecule has 1 aliphatic rings. The van der Waals surface area contributed by atoms with E-state index in [1.54, 1.807) is 13.1 Å². The minimum atomic E-state index is -4.36. The van der Waals surface area contributed by atoms with Crippen molar-refractivity contribution in [2.24, 2.45) is 7.05 Å². The van der Waals surface area contributed by atoms with Gasteiger partial charge in [0.15, 0.2) is 0 Å². The number of aryl methyl sites for hydroxylation is 1. The van der Waals surface area contributed by atoms with E-state index >= 15 is 0 Å². The molecule has 0 unspecified atom stereocenters. The molecule has 1 fully saturated rings. The highest BCUT2D eigenvalue weighted by Gasteiger charge is 2.30. The molecule has 1 saturated heterocycles. The third-order valence-electron chi connectivity index (χ3n) is 5.37. The number of sulfonamides is 1. The summed E-state index contributed by atoms with van der Waals surface area (Å²) in [5.41, 5.74) is 0.175. The average Bonchev–Trinajstić information content (AvgIpc) is 3.12. The van der Waals surface area contributed by atoms with Gasteiger partial charge in [0.25, 0.3) is 5.91 Å². The Kier molecular flexibility index (Phi) is 6.77. The SMILES string of the molecule is CNS(=O)(=O)c1cc(C(=O)NC2CCN(Cc3cccc(C(F)(F)F)c3)CC2)n(C)c1. The van der Waals surface area contributed by atoms with Crippen LogP contribution in [0.1, 0.15) is 34.5 Å². The average molecular weight is 459 g/mol. The lowest BCUT2D eigenvalue weighted by atomic mass is 10.0. The fourth-order valence-corrected chi connectivity index (χ4v) is 4.42. The Morgan fingerprint density at radius 3 is 2.48 bits per heavy atom. The first-order valence-electron chi connectivity index (χ1n) is 9.79. The van der Waals surface area contributed by atoms with Crippen molar-refractivity contribution in [2.75, 3.05) is 20.1 Å². The van der Waals surface area contributed by atoms with Crippen molar-refractivity contribution < 1.29 is 26.4 Å². The Labute approximate surface area is 179 Å². The number of alkyl halides is 3. The number of hydrogen-bond donors (Lipinski definition) is 2. The molecule has 0 saturated carbocycles. The van der Waals surface area contributed by atoms with Crippen molar-refractivity contribution in [2.45, 2.75) is 36.5 Å². The molecule has 0 atom stereocenters. The number of carbonyl (C=O) groups excluding carboxylic acids is 1. The van der Waals surface area contributed by atoms with Gasteiger partial charge in [0.1, 0.15) is 10.6 Å². The minimum absolute atomic E-state index is 0.0126. The van der Waals surface area contributed by atoms with E-state index in [0.717, 1.165) is 6.07 Å². The highest BCUT2D eigenvalue weighted by molar-refractivity contribution is 7.89. The molecule has 0 radical (unpaired) electrons. The Bertz CT molecular complexity index is 1040. The number of rotatable bonds is 6. The van der Waals surface area contributed by atoms with Crippen molar-refractivity contribution in [1.29, 1.82) is 0 Å². The molecular formula is C20H25F3N4O3S. The molecule has 1 aromatic carbocycles. The monoisotopic (exact) mass is 458 g/mol. The molecule has 31 heavy (non-hydrogen) atoms. The first-order chi connectivity index (χ1) is 14.5. The summed E-state index contributed by atoms with van der Waals surface area (Å²) < 4.78 is 66.2. The number of hydrogen-bond acceptors (Lipinski definition) is 4. The molecule has 1 aliphatic heterocycles. The summed E-state index contributed by atoms with van der Waals surface area (Å²) in [7, 11) is -0.745. The Morgan fingerprint density at radius 1 is 1.19 bits per heavy atom. The molecule has 11 heteroatoms. The zero-order valence-corrected chi connectivity index (χ0v) is 18.1. The summed E-state index contributed by atoms with van der Waals surface area (Å²) in [6.07, 6.45) is -1.69. The van der Waals surface area contributed by atoms with E-state index in [2.05, 4.69) is 14.9 Å². The largest absolute Gasteiger partial charge is 0.416 e. The zero-order chi connectivity index (χ0) is 22.8. The van der Waals surface area contributed by atoms with Gasteiger partial charge in [-0.3, -0.25) is 9.69 Å². The number of halogens is 3. The van der Waals surface area contributed by atoms with Crippen LogP contribution in [0.2, 0.25) is 0 Å². The summed E-state index contributed by atoms with van der Waals surface area (Å²) in [6.45, 7) is 1.68. The molecule has 170 valence electrons. The van der Waals surface area contributed by atoms with Gasteiger partial charge in [0, 0.05) is 38.9 Å². The summed E-state index contributed by atoms with van der Waals surface area (Å²) >= 11 is 0. The van der Waals surface area contributed by atoms with Crippen LogP contribution in [-0.4, -0.2) is 50.0 Å². The fourth-order valence-electron chi connectivity index (χ4n) is 3.62. The lowest BCUT2D eigenvalue weighted by Crippen LogP contribution is -2.44. The van der Waals surface area contributed by atoms with E-state index in [9.17, 15) is 26.4 Å². The van der Waals surface area contributed by atoms with E-state index in [0.29, 0.717) is 38.0 Å². The standard InChI is InChI=1S/C20H25F3N4O3S/c1-24-31(29,30)17-11-18(26(2)13-17)19(28)25-16-6-8-27(9-7-16)12-14-4-3-5-15(10-14)20(21,22)23/h3-5,10-11,13,16,24H,6-9,12H2,1-2H3,(H,25,28). The molecule has 1 aromatic heterocycles. The van der Waals surface area contributed by atoms with Crippen LogP contribution >= 0.6 is 0 Å². The van der Waals surface area contributed by atoms with E-state index in [1.165, 1.54) is 36.0 Å².